The standard InChI is InChI=1S/C11H11N5OS/c1-6-4-18-10-9(6)13-5-14-11(10)12-3-8-15-7(2)17-16-8/h4-5H,3H2,1-2H3,(H,12,13,14). The zero-order valence-electron chi connectivity index (χ0n) is 9.97. The van der Waals surface area contributed by atoms with Gasteiger partial charge in [-0.1, -0.05) is 5.16 Å². The second kappa shape index (κ2) is 4.34. The van der Waals surface area contributed by atoms with Crippen LogP contribution in [-0.2, 0) is 6.54 Å². The van der Waals surface area contributed by atoms with E-state index in [0.29, 0.717) is 18.3 Å². The number of nitrogens with one attached hydrogen (secondary N) is 1. The van der Waals surface area contributed by atoms with Crippen LogP contribution in [0.3, 0.4) is 0 Å². The monoisotopic (exact) mass is 261 g/mol. The Morgan fingerprint density at radius 3 is 3.00 bits per heavy atom. The van der Waals surface area contributed by atoms with Crippen LogP contribution in [0.2, 0.25) is 0 Å². The van der Waals surface area contributed by atoms with E-state index < -0.39 is 0 Å². The van der Waals surface area contributed by atoms with Gasteiger partial charge in [-0.05, 0) is 17.9 Å². The average molecular weight is 261 g/mol. The molecule has 0 bridgehead atoms. The Hall–Kier alpha value is -2.02. The molecule has 0 saturated carbocycles. The number of aryl methyl sites for hydroxylation is 2. The summed E-state index contributed by atoms with van der Waals surface area (Å²) in [6, 6.07) is 0. The molecule has 3 aromatic heterocycles. The van der Waals surface area contributed by atoms with Gasteiger partial charge in [-0.15, -0.1) is 11.3 Å². The van der Waals surface area contributed by atoms with Gasteiger partial charge in [-0.3, -0.25) is 0 Å². The van der Waals surface area contributed by atoms with Gasteiger partial charge in [0.15, 0.2) is 5.82 Å². The Bertz CT molecular complexity index is 690. The number of nitrogens with zero attached hydrogens (tertiary/aromatic N) is 4. The number of thiophene rings is 1. The highest BCUT2D eigenvalue weighted by Crippen LogP contribution is 2.28. The van der Waals surface area contributed by atoms with E-state index in [2.05, 4.69) is 30.8 Å². The first-order valence-corrected chi connectivity index (χ1v) is 6.34. The summed E-state index contributed by atoms with van der Waals surface area (Å²) in [5.41, 5.74) is 2.15. The second-order valence-corrected chi connectivity index (χ2v) is 4.78. The van der Waals surface area contributed by atoms with Crippen molar-refractivity contribution in [1.82, 2.24) is 20.1 Å². The quantitative estimate of drug-likeness (QED) is 0.779. The largest absolute Gasteiger partial charge is 0.361 e. The minimum Gasteiger partial charge on any atom is -0.361 e. The highest BCUT2D eigenvalue weighted by molar-refractivity contribution is 7.17. The van der Waals surface area contributed by atoms with Gasteiger partial charge in [-0.25, -0.2) is 9.97 Å². The minimum absolute atomic E-state index is 0.487. The molecule has 0 aliphatic rings. The molecule has 92 valence electrons. The van der Waals surface area contributed by atoms with E-state index in [9.17, 15) is 0 Å². The van der Waals surface area contributed by atoms with E-state index in [-0.39, 0.29) is 0 Å². The molecule has 0 aliphatic carbocycles. The lowest BCUT2D eigenvalue weighted by molar-refractivity contribution is 0.388. The van der Waals surface area contributed by atoms with Crippen molar-refractivity contribution in [3.05, 3.63) is 29.0 Å². The summed E-state index contributed by atoms with van der Waals surface area (Å²) < 4.78 is 5.96. The van der Waals surface area contributed by atoms with Crippen LogP contribution in [0.15, 0.2) is 16.2 Å². The van der Waals surface area contributed by atoms with Crippen LogP contribution in [0, 0.1) is 13.8 Å². The van der Waals surface area contributed by atoms with Gasteiger partial charge in [-0.2, -0.15) is 4.98 Å². The lowest BCUT2D eigenvalue weighted by Crippen LogP contribution is -2.03. The van der Waals surface area contributed by atoms with Crippen molar-refractivity contribution in [2.45, 2.75) is 20.4 Å². The van der Waals surface area contributed by atoms with E-state index in [1.54, 1.807) is 24.6 Å². The van der Waals surface area contributed by atoms with E-state index >= 15 is 0 Å². The van der Waals surface area contributed by atoms with E-state index in [0.717, 1.165) is 21.6 Å². The van der Waals surface area contributed by atoms with Gasteiger partial charge < -0.3 is 9.84 Å². The summed E-state index contributed by atoms with van der Waals surface area (Å²) in [5.74, 6) is 1.99. The number of hydrogen-bond acceptors (Lipinski definition) is 7. The molecule has 3 rings (SSSR count). The summed E-state index contributed by atoms with van der Waals surface area (Å²) in [6.45, 7) is 4.29. The fourth-order valence-corrected chi connectivity index (χ4v) is 2.64. The fraction of sp³-hybridized carbons (Fsp3) is 0.273. The molecule has 0 aliphatic heterocycles. The van der Waals surface area contributed by atoms with Crippen molar-refractivity contribution in [2.75, 3.05) is 5.32 Å². The van der Waals surface area contributed by atoms with Gasteiger partial charge in [0.2, 0.25) is 5.89 Å². The van der Waals surface area contributed by atoms with E-state index in [1.807, 2.05) is 6.92 Å². The maximum absolute atomic E-state index is 4.91. The van der Waals surface area contributed by atoms with Gasteiger partial charge >= 0.3 is 0 Å². The molecule has 0 aromatic carbocycles. The first kappa shape index (κ1) is 11.1. The average Bonchev–Trinajstić information content (AvgIpc) is 2.94. The van der Waals surface area contributed by atoms with Crippen molar-refractivity contribution in [3.63, 3.8) is 0 Å². The van der Waals surface area contributed by atoms with E-state index in [1.165, 1.54) is 0 Å². The molecule has 1 N–H and O–H groups in total. The first-order chi connectivity index (χ1) is 8.74. The number of rotatable bonds is 3. The van der Waals surface area contributed by atoms with Crippen molar-refractivity contribution in [3.8, 4) is 0 Å². The Labute approximate surface area is 107 Å². The third-order valence-electron chi connectivity index (χ3n) is 2.51. The Balaban J connectivity index is 1.86. The maximum Gasteiger partial charge on any atom is 0.223 e. The molecule has 0 fully saturated rings. The minimum atomic E-state index is 0.487. The van der Waals surface area contributed by atoms with Crippen LogP contribution >= 0.6 is 11.3 Å². The lowest BCUT2D eigenvalue weighted by atomic mass is 10.3. The molecule has 6 nitrogen and oxygen atoms in total. The second-order valence-electron chi connectivity index (χ2n) is 3.90. The molecular formula is C11H11N5OS. The van der Waals surface area contributed by atoms with Crippen molar-refractivity contribution in [1.29, 1.82) is 0 Å². The van der Waals surface area contributed by atoms with Crippen LogP contribution in [0.5, 0.6) is 0 Å². The van der Waals surface area contributed by atoms with Crippen LogP contribution in [-0.4, -0.2) is 20.1 Å². The first-order valence-electron chi connectivity index (χ1n) is 5.46. The van der Waals surface area contributed by atoms with Gasteiger partial charge in [0.1, 0.15) is 12.1 Å². The third kappa shape index (κ3) is 1.92. The molecule has 3 aromatic rings. The summed E-state index contributed by atoms with van der Waals surface area (Å²) in [5, 5.41) is 9.10. The molecule has 0 atom stereocenters. The van der Waals surface area contributed by atoms with Crippen molar-refractivity contribution in [2.24, 2.45) is 0 Å². The fourth-order valence-electron chi connectivity index (χ4n) is 1.67. The van der Waals surface area contributed by atoms with Crippen LogP contribution in [0.4, 0.5) is 5.82 Å². The third-order valence-corrected chi connectivity index (χ3v) is 3.61. The Morgan fingerprint density at radius 1 is 1.33 bits per heavy atom. The zero-order chi connectivity index (χ0) is 12.5. The normalized spacial score (nSPS) is 11.0. The molecule has 0 radical (unpaired) electrons. The predicted octanol–water partition coefficient (Wildman–Crippen LogP) is 2.30. The SMILES string of the molecule is Cc1nc(CNc2ncnc3c(C)csc23)no1. The summed E-state index contributed by atoms with van der Waals surface area (Å²) in [7, 11) is 0. The highest BCUT2D eigenvalue weighted by atomic mass is 32.1. The van der Waals surface area contributed by atoms with Crippen molar-refractivity contribution >= 4 is 27.4 Å². The number of anilines is 1. The van der Waals surface area contributed by atoms with Crippen LogP contribution in [0.25, 0.3) is 10.2 Å². The summed E-state index contributed by atoms with van der Waals surface area (Å²) >= 11 is 1.63. The van der Waals surface area contributed by atoms with E-state index in [4.69, 9.17) is 4.52 Å². The molecule has 18 heavy (non-hydrogen) atoms. The number of fused-ring (bicyclic) bond motifs is 1. The molecule has 7 heteroatoms. The molecule has 0 amide bonds. The van der Waals surface area contributed by atoms with Gasteiger partial charge in [0, 0.05) is 6.92 Å². The summed E-state index contributed by atoms with van der Waals surface area (Å²) in [6.07, 6.45) is 1.56. The van der Waals surface area contributed by atoms with Gasteiger partial charge in [0.25, 0.3) is 0 Å². The van der Waals surface area contributed by atoms with Crippen LogP contribution in [0.1, 0.15) is 17.3 Å². The molecule has 0 unspecified atom stereocenters. The van der Waals surface area contributed by atoms with Gasteiger partial charge in [0.05, 0.1) is 16.8 Å². The molecule has 3 heterocycles. The highest BCUT2D eigenvalue weighted by Gasteiger charge is 2.09. The lowest BCUT2D eigenvalue weighted by Gasteiger charge is -2.02. The number of aromatic nitrogens is 4. The molecule has 0 saturated heterocycles. The Kier molecular flexibility index (Phi) is 2.67. The van der Waals surface area contributed by atoms with Crippen LogP contribution < -0.4 is 5.32 Å². The predicted molar refractivity (Wildman–Crippen MR) is 68.5 cm³/mol. The topological polar surface area (TPSA) is 76.7 Å². The summed E-state index contributed by atoms with van der Waals surface area (Å²) in [4.78, 5) is 12.6. The zero-order valence-corrected chi connectivity index (χ0v) is 10.8. The molecular weight excluding hydrogens is 250 g/mol. The number of hydrogen-bond donors (Lipinski definition) is 1. The maximum atomic E-state index is 4.91. The molecule has 0 spiro atoms. The smallest absolute Gasteiger partial charge is 0.223 e. The Morgan fingerprint density at radius 2 is 2.22 bits per heavy atom. The van der Waals surface area contributed by atoms with Crippen molar-refractivity contribution < 1.29 is 4.52 Å².